The summed E-state index contributed by atoms with van der Waals surface area (Å²) in [6, 6.07) is 22.7. The van der Waals surface area contributed by atoms with Crippen molar-refractivity contribution in [2.75, 3.05) is 17.1 Å². The molecule has 4 rings (SSSR count). The van der Waals surface area contributed by atoms with Crippen molar-refractivity contribution < 1.29 is 22.7 Å². The molecule has 0 unspecified atom stereocenters. The van der Waals surface area contributed by atoms with Crippen LogP contribution in [0.3, 0.4) is 0 Å². The van der Waals surface area contributed by atoms with Crippen LogP contribution in [0, 0.1) is 13.8 Å². The van der Waals surface area contributed by atoms with Gasteiger partial charge in [0.25, 0.3) is 10.0 Å². The van der Waals surface area contributed by atoms with E-state index in [0.717, 1.165) is 11.1 Å². The van der Waals surface area contributed by atoms with Crippen LogP contribution < -0.4 is 19.5 Å². The Kier molecular flexibility index (Phi) is 8.57. The summed E-state index contributed by atoms with van der Waals surface area (Å²) in [4.78, 5) is 20.7. The molecule has 0 aliphatic rings. The number of carbonyl (C=O) groups excluding carboxylic acids is 1. The van der Waals surface area contributed by atoms with Gasteiger partial charge in [-0.2, -0.15) is 0 Å². The zero-order valence-electron chi connectivity index (χ0n) is 21.7. The van der Waals surface area contributed by atoms with Crippen LogP contribution in [0.1, 0.15) is 22.5 Å². The molecule has 10 heteroatoms. The summed E-state index contributed by atoms with van der Waals surface area (Å²) in [5.74, 6) is 0.764. The lowest BCUT2D eigenvalue weighted by Gasteiger charge is -2.11. The highest BCUT2D eigenvalue weighted by Gasteiger charge is 2.16. The summed E-state index contributed by atoms with van der Waals surface area (Å²) in [6.45, 7) is 3.92. The second-order valence-corrected chi connectivity index (χ2v) is 10.3. The minimum absolute atomic E-state index is 0.00226. The van der Waals surface area contributed by atoms with Crippen LogP contribution in [0.5, 0.6) is 11.5 Å². The van der Waals surface area contributed by atoms with Crippen LogP contribution in [0.4, 0.5) is 11.6 Å². The summed E-state index contributed by atoms with van der Waals surface area (Å²) >= 11 is 0. The van der Waals surface area contributed by atoms with Crippen molar-refractivity contribution >= 4 is 33.6 Å². The zero-order valence-corrected chi connectivity index (χ0v) is 22.5. The number of hydrogen-bond donors (Lipinski definition) is 2. The minimum atomic E-state index is -3.89. The molecule has 0 aliphatic heterocycles. The molecule has 0 aliphatic carbocycles. The smallest absolute Gasteiger partial charge is 0.264 e. The third-order valence-electron chi connectivity index (χ3n) is 5.49. The third kappa shape index (κ3) is 7.65. The Morgan fingerprint density at radius 2 is 1.59 bits per heavy atom. The van der Waals surface area contributed by atoms with Crippen molar-refractivity contribution in [1.29, 1.82) is 0 Å². The van der Waals surface area contributed by atoms with E-state index in [0.29, 0.717) is 35.2 Å². The maximum Gasteiger partial charge on any atom is 0.264 e. The van der Waals surface area contributed by atoms with Crippen molar-refractivity contribution in [1.82, 2.24) is 9.97 Å². The molecule has 1 amide bonds. The van der Waals surface area contributed by atoms with Crippen LogP contribution in [0.15, 0.2) is 89.8 Å². The Bertz CT molecular complexity index is 1570. The van der Waals surface area contributed by atoms with Gasteiger partial charge in [-0.05, 0) is 73.5 Å². The lowest BCUT2D eigenvalue weighted by atomic mass is 10.2. The number of anilines is 2. The first-order valence-corrected chi connectivity index (χ1v) is 13.5. The van der Waals surface area contributed by atoms with Crippen molar-refractivity contribution in [2.45, 2.75) is 25.3 Å². The fraction of sp³-hybridized carbons (Fsp3) is 0.138. The van der Waals surface area contributed by atoms with E-state index in [4.69, 9.17) is 9.47 Å². The molecule has 39 heavy (non-hydrogen) atoms. The lowest BCUT2D eigenvalue weighted by molar-refractivity contribution is -0.111. The number of aryl methyl sites for hydroxylation is 2. The van der Waals surface area contributed by atoms with Gasteiger partial charge in [-0.3, -0.25) is 4.79 Å². The fourth-order valence-corrected chi connectivity index (χ4v) is 4.61. The van der Waals surface area contributed by atoms with Crippen molar-refractivity contribution in [3.05, 3.63) is 107 Å². The zero-order chi connectivity index (χ0) is 27.8. The molecule has 4 aromatic rings. The molecule has 200 valence electrons. The average Bonchev–Trinajstić information content (AvgIpc) is 2.91. The van der Waals surface area contributed by atoms with Gasteiger partial charge in [0.2, 0.25) is 11.9 Å². The van der Waals surface area contributed by atoms with E-state index in [-0.39, 0.29) is 16.8 Å². The van der Waals surface area contributed by atoms with Crippen LogP contribution in [-0.2, 0) is 21.4 Å². The van der Waals surface area contributed by atoms with Crippen molar-refractivity contribution in [2.24, 2.45) is 0 Å². The maximum absolute atomic E-state index is 12.7. The Balaban J connectivity index is 1.36. The standard InChI is InChI=1S/C29H28N4O5S/c1-20-17-21(2)31-29(30-20)33-39(35,36)25-13-11-24(12-14-25)32-28(34)16-10-22-9-15-26(27(18-22)37-3)38-19-23-7-5-4-6-8-23/h4-18H,19H2,1-3H3,(H,32,34)(H,30,31,33)/b16-10+. The van der Waals surface area contributed by atoms with Gasteiger partial charge < -0.3 is 14.8 Å². The Labute approximate surface area is 227 Å². The number of benzene rings is 3. The number of sulfonamides is 1. The molecule has 1 aromatic heterocycles. The summed E-state index contributed by atoms with van der Waals surface area (Å²) in [5.41, 5.74) is 3.52. The summed E-state index contributed by atoms with van der Waals surface area (Å²) < 4.78 is 39.1. The first-order valence-electron chi connectivity index (χ1n) is 12.0. The number of nitrogens with one attached hydrogen (secondary N) is 2. The van der Waals surface area contributed by atoms with Gasteiger partial charge in [-0.25, -0.2) is 23.1 Å². The van der Waals surface area contributed by atoms with Gasteiger partial charge in [0.15, 0.2) is 11.5 Å². The van der Waals surface area contributed by atoms with Gasteiger partial charge in [-0.15, -0.1) is 0 Å². The summed E-state index contributed by atoms with van der Waals surface area (Å²) in [6.07, 6.45) is 3.02. The summed E-state index contributed by atoms with van der Waals surface area (Å²) in [5, 5.41) is 2.71. The highest BCUT2D eigenvalue weighted by atomic mass is 32.2. The van der Waals surface area contributed by atoms with E-state index >= 15 is 0 Å². The molecule has 9 nitrogen and oxygen atoms in total. The van der Waals surface area contributed by atoms with Crippen LogP contribution in [0.25, 0.3) is 6.08 Å². The second-order valence-electron chi connectivity index (χ2n) is 8.61. The molecule has 0 radical (unpaired) electrons. The monoisotopic (exact) mass is 544 g/mol. The second kappa shape index (κ2) is 12.2. The Hall–Kier alpha value is -4.70. The number of amides is 1. The molecule has 0 atom stereocenters. The Morgan fingerprint density at radius 3 is 2.26 bits per heavy atom. The highest BCUT2D eigenvalue weighted by molar-refractivity contribution is 7.92. The quantitative estimate of drug-likeness (QED) is 0.266. The summed E-state index contributed by atoms with van der Waals surface area (Å²) in [7, 11) is -2.34. The predicted octanol–water partition coefficient (Wildman–Crippen LogP) is 5.13. The van der Waals surface area contributed by atoms with E-state index in [1.165, 1.54) is 30.3 Å². The van der Waals surface area contributed by atoms with Gasteiger partial charge in [-0.1, -0.05) is 36.4 Å². The Morgan fingerprint density at radius 1 is 0.897 bits per heavy atom. The van der Waals surface area contributed by atoms with E-state index in [1.54, 1.807) is 45.2 Å². The molecule has 0 bridgehead atoms. The van der Waals surface area contributed by atoms with E-state index in [2.05, 4.69) is 20.0 Å². The number of methoxy groups -OCH3 is 1. The number of ether oxygens (including phenoxy) is 2. The van der Waals surface area contributed by atoms with E-state index in [1.807, 2.05) is 36.4 Å². The number of hydrogen-bond acceptors (Lipinski definition) is 7. The molecule has 0 fully saturated rings. The van der Waals surface area contributed by atoms with Crippen LogP contribution in [-0.4, -0.2) is 31.4 Å². The van der Waals surface area contributed by atoms with Crippen molar-refractivity contribution in [3.8, 4) is 11.5 Å². The number of nitrogens with zero attached hydrogens (tertiary/aromatic N) is 2. The maximum atomic E-state index is 12.7. The predicted molar refractivity (Wildman–Crippen MR) is 150 cm³/mol. The van der Waals surface area contributed by atoms with Gasteiger partial charge in [0.1, 0.15) is 6.61 Å². The molecule has 3 aromatic carbocycles. The molecule has 0 spiro atoms. The highest BCUT2D eigenvalue weighted by Crippen LogP contribution is 2.29. The average molecular weight is 545 g/mol. The van der Waals surface area contributed by atoms with Gasteiger partial charge in [0, 0.05) is 23.2 Å². The minimum Gasteiger partial charge on any atom is -0.493 e. The normalized spacial score (nSPS) is 11.3. The first kappa shape index (κ1) is 27.3. The van der Waals surface area contributed by atoms with Crippen LogP contribution in [0.2, 0.25) is 0 Å². The van der Waals surface area contributed by atoms with Crippen LogP contribution >= 0.6 is 0 Å². The molecular formula is C29H28N4O5S. The topological polar surface area (TPSA) is 120 Å². The van der Waals surface area contributed by atoms with Gasteiger partial charge >= 0.3 is 0 Å². The number of rotatable bonds is 10. The largest absolute Gasteiger partial charge is 0.493 e. The SMILES string of the molecule is COc1cc(/C=C/C(=O)Nc2ccc(S(=O)(=O)Nc3nc(C)cc(C)n3)cc2)ccc1OCc1ccccc1. The first-order chi connectivity index (χ1) is 18.7. The van der Waals surface area contributed by atoms with E-state index < -0.39 is 10.0 Å². The van der Waals surface area contributed by atoms with E-state index in [9.17, 15) is 13.2 Å². The van der Waals surface area contributed by atoms with Crippen molar-refractivity contribution in [3.63, 3.8) is 0 Å². The lowest BCUT2D eigenvalue weighted by Crippen LogP contribution is -2.16. The molecule has 0 saturated heterocycles. The molecule has 2 N–H and O–H groups in total. The fourth-order valence-electron chi connectivity index (χ4n) is 3.67. The molecule has 1 heterocycles. The number of aromatic nitrogens is 2. The number of carbonyl (C=O) groups is 1. The molecule has 0 saturated carbocycles. The third-order valence-corrected chi connectivity index (χ3v) is 6.84. The molecular weight excluding hydrogens is 516 g/mol. The van der Waals surface area contributed by atoms with Gasteiger partial charge in [0.05, 0.1) is 12.0 Å².